The molecule has 190 valence electrons. The minimum Gasteiger partial charge on any atom is -0.373 e. The zero-order chi connectivity index (χ0) is 25.7. The van der Waals surface area contributed by atoms with Crippen molar-refractivity contribution in [2.24, 2.45) is 0 Å². The second-order valence-corrected chi connectivity index (χ2v) is 10.9. The molecule has 5 rings (SSSR count). The van der Waals surface area contributed by atoms with Crippen LogP contribution in [-0.4, -0.2) is 45.7 Å². The summed E-state index contributed by atoms with van der Waals surface area (Å²) in [6, 6.07) is 38.0. The quantitative estimate of drug-likeness (QED) is 0.234. The van der Waals surface area contributed by atoms with Crippen molar-refractivity contribution >= 4 is 10.1 Å². The van der Waals surface area contributed by atoms with Gasteiger partial charge in [-0.05, 0) is 35.7 Å². The maximum absolute atomic E-state index is 12.8. The van der Waals surface area contributed by atoms with Crippen molar-refractivity contribution in [3.8, 4) is 0 Å². The molecule has 0 amide bonds. The standard InChI is InChI=1S/C31H31NO4S/c1-25-17-19-30(20-18-25)37(33,34)36-24-29-23-32(21-22-35-29)31(26-11-5-2-6-12-26,27-13-7-3-8-14-27)28-15-9-4-10-16-28/h2-20,29H,21-24H2,1H3/t29-/m1/s1. The van der Waals surface area contributed by atoms with E-state index in [9.17, 15) is 8.42 Å². The summed E-state index contributed by atoms with van der Waals surface area (Å²) < 4.78 is 37.2. The highest BCUT2D eigenvalue weighted by Crippen LogP contribution is 2.43. The van der Waals surface area contributed by atoms with E-state index < -0.39 is 21.8 Å². The van der Waals surface area contributed by atoms with Gasteiger partial charge in [0.1, 0.15) is 0 Å². The molecule has 1 aliphatic rings. The first-order valence-corrected chi connectivity index (χ1v) is 13.9. The van der Waals surface area contributed by atoms with Gasteiger partial charge < -0.3 is 4.74 Å². The maximum Gasteiger partial charge on any atom is 0.297 e. The lowest BCUT2D eigenvalue weighted by Gasteiger charge is -2.48. The smallest absolute Gasteiger partial charge is 0.297 e. The summed E-state index contributed by atoms with van der Waals surface area (Å²) >= 11 is 0. The van der Waals surface area contributed by atoms with Gasteiger partial charge in [-0.3, -0.25) is 9.08 Å². The number of nitrogens with zero attached hydrogens (tertiary/aromatic N) is 1. The molecule has 0 aliphatic carbocycles. The van der Waals surface area contributed by atoms with Gasteiger partial charge in [-0.1, -0.05) is 109 Å². The van der Waals surface area contributed by atoms with Crippen molar-refractivity contribution in [1.82, 2.24) is 4.90 Å². The van der Waals surface area contributed by atoms with Crippen LogP contribution >= 0.6 is 0 Å². The van der Waals surface area contributed by atoms with Crippen molar-refractivity contribution in [1.29, 1.82) is 0 Å². The number of morpholine rings is 1. The number of aryl methyl sites for hydroxylation is 1. The van der Waals surface area contributed by atoms with E-state index in [0.29, 0.717) is 19.7 Å². The van der Waals surface area contributed by atoms with E-state index in [2.05, 4.69) is 77.7 Å². The molecule has 0 N–H and O–H groups in total. The highest BCUT2D eigenvalue weighted by Gasteiger charge is 2.44. The van der Waals surface area contributed by atoms with Gasteiger partial charge in [0.05, 0.1) is 29.8 Å². The molecule has 0 spiro atoms. The number of rotatable bonds is 8. The summed E-state index contributed by atoms with van der Waals surface area (Å²) in [6.45, 7) is 3.51. The van der Waals surface area contributed by atoms with Crippen LogP contribution in [0.15, 0.2) is 120 Å². The van der Waals surface area contributed by atoms with Crippen molar-refractivity contribution in [3.05, 3.63) is 138 Å². The SMILES string of the molecule is Cc1ccc(S(=O)(=O)OC[C@H]2CN(C(c3ccccc3)(c3ccccc3)c3ccccc3)CCO2)cc1. The number of hydrogen-bond donors (Lipinski definition) is 0. The third kappa shape index (κ3) is 5.24. The van der Waals surface area contributed by atoms with Crippen LogP contribution in [0.1, 0.15) is 22.3 Å². The van der Waals surface area contributed by atoms with Crippen LogP contribution in [-0.2, 0) is 24.6 Å². The second-order valence-electron chi connectivity index (χ2n) is 9.30. The monoisotopic (exact) mass is 513 g/mol. The van der Waals surface area contributed by atoms with Crippen LogP contribution in [0.25, 0.3) is 0 Å². The molecule has 1 saturated heterocycles. The van der Waals surface area contributed by atoms with Gasteiger partial charge in [-0.25, -0.2) is 0 Å². The van der Waals surface area contributed by atoms with Crippen molar-refractivity contribution in [2.45, 2.75) is 23.5 Å². The Morgan fingerprint density at radius 2 is 1.27 bits per heavy atom. The largest absolute Gasteiger partial charge is 0.373 e. The zero-order valence-electron chi connectivity index (χ0n) is 20.9. The van der Waals surface area contributed by atoms with Crippen molar-refractivity contribution < 1.29 is 17.3 Å². The first-order chi connectivity index (χ1) is 18.0. The Hall–Kier alpha value is -3.29. The van der Waals surface area contributed by atoms with Crippen LogP contribution in [0.4, 0.5) is 0 Å². The fraction of sp³-hybridized carbons (Fsp3) is 0.226. The van der Waals surface area contributed by atoms with E-state index in [1.165, 1.54) is 0 Å². The molecule has 1 aliphatic heterocycles. The van der Waals surface area contributed by atoms with Crippen LogP contribution in [0.5, 0.6) is 0 Å². The van der Waals surface area contributed by atoms with Crippen LogP contribution < -0.4 is 0 Å². The Morgan fingerprint density at radius 1 is 0.784 bits per heavy atom. The van der Waals surface area contributed by atoms with E-state index in [-0.39, 0.29) is 11.5 Å². The average molecular weight is 514 g/mol. The van der Waals surface area contributed by atoms with Gasteiger partial charge in [-0.15, -0.1) is 0 Å². The predicted molar refractivity (Wildman–Crippen MR) is 145 cm³/mol. The molecule has 5 nitrogen and oxygen atoms in total. The van der Waals surface area contributed by atoms with Crippen LogP contribution in [0.3, 0.4) is 0 Å². The van der Waals surface area contributed by atoms with Gasteiger partial charge >= 0.3 is 0 Å². The van der Waals surface area contributed by atoms with Gasteiger partial charge in [0.25, 0.3) is 10.1 Å². The minimum atomic E-state index is -3.88. The minimum absolute atomic E-state index is 0.0544. The topological polar surface area (TPSA) is 55.8 Å². The van der Waals surface area contributed by atoms with Crippen molar-refractivity contribution in [2.75, 3.05) is 26.3 Å². The molecule has 1 atom stereocenters. The molecule has 1 heterocycles. The van der Waals surface area contributed by atoms with Crippen LogP contribution in [0.2, 0.25) is 0 Å². The second kappa shape index (κ2) is 11.0. The summed E-state index contributed by atoms with van der Waals surface area (Å²) in [6.07, 6.45) is -0.413. The maximum atomic E-state index is 12.8. The average Bonchev–Trinajstić information content (AvgIpc) is 2.95. The molecular formula is C31H31NO4S. The molecule has 1 fully saturated rings. The summed E-state index contributed by atoms with van der Waals surface area (Å²) in [5.41, 5.74) is 3.83. The van der Waals surface area contributed by atoms with E-state index in [4.69, 9.17) is 8.92 Å². The Kier molecular flexibility index (Phi) is 7.53. The summed E-state index contributed by atoms with van der Waals surface area (Å²) in [5.74, 6) is 0. The zero-order valence-corrected chi connectivity index (χ0v) is 21.7. The third-order valence-corrected chi connectivity index (χ3v) is 8.20. The first kappa shape index (κ1) is 25.4. The molecular weight excluding hydrogens is 482 g/mol. The Morgan fingerprint density at radius 3 is 1.76 bits per heavy atom. The number of benzene rings is 4. The lowest BCUT2D eigenvalue weighted by atomic mass is 9.75. The summed E-state index contributed by atoms with van der Waals surface area (Å²) in [5, 5.41) is 0. The summed E-state index contributed by atoms with van der Waals surface area (Å²) in [7, 11) is -3.88. The molecule has 4 aromatic carbocycles. The van der Waals surface area contributed by atoms with Crippen molar-refractivity contribution in [3.63, 3.8) is 0 Å². The molecule has 6 heteroatoms. The third-order valence-electron chi connectivity index (χ3n) is 6.91. The molecule has 0 bridgehead atoms. The normalized spacial score (nSPS) is 16.9. The molecule has 0 radical (unpaired) electrons. The first-order valence-electron chi connectivity index (χ1n) is 12.5. The van der Waals surface area contributed by atoms with Gasteiger partial charge in [-0.2, -0.15) is 8.42 Å². The molecule has 0 unspecified atom stereocenters. The van der Waals surface area contributed by atoms with Gasteiger partial charge in [0, 0.05) is 13.1 Å². The summed E-state index contributed by atoms with van der Waals surface area (Å²) in [4.78, 5) is 2.54. The fourth-order valence-electron chi connectivity index (χ4n) is 5.15. The van der Waals surface area contributed by atoms with E-state index >= 15 is 0 Å². The lowest BCUT2D eigenvalue weighted by molar-refractivity contribution is -0.0687. The Bertz CT molecular complexity index is 1300. The molecule has 0 aromatic heterocycles. The number of hydrogen-bond acceptors (Lipinski definition) is 5. The van der Waals surface area contributed by atoms with Crippen LogP contribution in [0, 0.1) is 6.92 Å². The van der Waals surface area contributed by atoms with Gasteiger partial charge in [0.2, 0.25) is 0 Å². The van der Waals surface area contributed by atoms with E-state index in [0.717, 1.165) is 22.3 Å². The molecule has 37 heavy (non-hydrogen) atoms. The molecule has 4 aromatic rings. The molecule has 0 saturated carbocycles. The predicted octanol–water partition coefficient (Wildman–Crippen LogP) is 5.39. The van der Waals surface area contributed by atoms with E-state index in [1.807, 2.05) is 25.1 Å². The number of ether oxygens (including phenoxy) is 1. The Labute approximate surface area is 219 Å². The van der Waals surface area contributed by atoms with E-state index in [1.54, 1.807) is 24.3 Å². The van der Waals surface area contributed by atoms with Gasteiger partial charge in [0.15, 0.2) is 0 Å². The highest BCUT2D eigenvalue weighted by molar-refractivity contribution is 7.86. The Balaban J connectivity index is 1.50. The lowest BCUT2D eigenvalue weighted by Crippen LogP contribution is -2.56. The fourth-order valence-corrected chi connectivity index (χ4v) is 6.09. The highest BCUT2D eigenvalue weighted by atomic mass is 32.2.